The van der Waals surface area contributed by atoms with E-state index in [2.05, 4.69) is 5.32 Å². The fourth-order valence-electron chi connectivity index (χ4n) is 4.33. The van der Waals surface area contributed by atoms with Gasteiger partial charge < -0.3 is 24.6 Å². The first-order valence-corrected chi connectivity index (χ1v) is 8.76. The molecule has 3 aliphatic rings. The zero-order valence-corrected chi connectivity index (χ0v) is 13.6. The summed E-state index contributed by atoms with van der Waals surface area (Å²) in [5.41, 5.74) is -0.156. The summed E-state index contributed by atoms with van der Waals surface area (Å²) in [4.78, 5) is 0. The van der Waals surface area contributed by atoms with Crippen molar-refractivity contribution in [1.82, 2.24) is 0 Å². The maximum atomic E-state index is 13.1. The lowest BCUT2D eigenvalue weighted by Crippen LogP contribution is -2.65. The summed E-state index contributed by atoms with van der Waals surface area (Å²) in [6.07, 6.45) is 2.57. The number of nitrogens with one attached hydrogen (secondary N) is 1. The van der Waals surface area contributed by atoms with Gasteiger partial charge in [-0.15, -0.1) is 0 Å². The number of hydrogen-bond donors (Lipinski definition) is 2. The van der Waals surface area contributed by atoms with Crippen molar-refractivity contribution in [2.75, 3.05) is 25.1 Å². The van der Waals surface area contributed by atoms with Crippen LogP contribution in [0.1, 0.15) is 25.7 Å². The van der Waals surface area contributed by atoms with Crippen LogP contribution in [-0.4, -0.2) is 49.0 Å². The van der Waals surface area contributed by atoms with Crippen molar-refractivity contribution in [1.29, 1.82) is 0 Å². The van der Waals surface area contributed by atoms with Gasteiger partial charge in [0.2, 0.25) is 0 Å². The summed E-state index contributed by atoms with van der Waals surface area (Å²) < 4.78 is 30.5. The molecule has 1 aromatic rings. The van der Waals surface area contributed by atoms with Gasteiger partial charge in [-0.05, 0) is 49.9 Å². The van der Waals surface area contributed by atoms with Crippen molar-refractivity contribution in [3.8, 4) is 0 Å². The number of halogens is 1. The molecule has 4 rings (SSSR count). The largest absolute Gasteiger partial charge is 0.385 e. The number of aliphatic hydroxyl groups is 1. The van der Waals surface area contributed by atoms with Crippen molar-refractivity contribution in [2.24, 2.45) is 5.92 Å². The third-order valence-corrected chi connectivity index (χ3v) is 5.47. The van der Waals surface area contributed by atoms with Gasteiger partial charge in [-0.1, -0.05) is 0 Å². The number of hydrogen-bond acceptors (Lipinski definition) is 5. The quantitative estimate of drug-likeness (QED) is 0.886. The Morgan fingerprint density at radius 3 is 2.54 bits per heavy atom. The average Bonchev–Trinajstić information content (AvgIpc) is 3.11. The van der Waals surface area contributed by atoms with Gasteiger partial charge in [0, 0.05) is 18.2 Å². The molecule has 132 valence electrons. The van der Waals surface area contributed by atoms with Crippen LogP contribution in [-0.2, 0) is 14.2 Å². The zero-order valence-electron chi connectivity index (χ0n) is 13.6. The van der Waals surface area contributed by atoms with Crippen molar-refractivity contribution in [3.63, 3.8) is 0 Å². The third kappa shape index (κ3) is 2.92. The summed E-state index contributed by atoms with van der Waals surface area (Å²) in [7, 11) is 0. The fraction of sp³-hybridized carbons (Fsp3) is 0.667. The lowest BCUT2D eigenvalue weighted by molar-refractivity contribution is -0.230. The van der Waals surface area contributed by atoms with Gasteiger partial charge in [0.25, 0.3) is 0 Å². The lowest BCUT2D eigenvalue weighted by Gasteiger charge is -2.52. The van der Waals surface area contributed by atoms with Crippen LogP contribution >= 0.6 is 0 Å². The van der Waals surface area contributed by atoms with E-state index < -0.39 is 5.60 Å². The van der Waals surface area contributed by atoms with Crippen LogP contribution in [0.2, 0.25) is 0 Å². The molecular formula is C18H24FNO4. The second-order valence-corrected chi connectivity index (χ2v) is 6.94. The minimum atomic E-state index is -0.967. The Morgan fingerprint density at radius 1 is 1.04 bits per heavy atom. The highest BCUT2D eigenvalue weighted by molar-refractivity contribution is 5.45. The predicted octanol–water partition coefficient (Wildman–Crippen LogP) is 2.30. The Bertz CT molecular complexity index is 563. The van der Waals surface area contributed by atoms with E-state index in [1.807, 2.05) is 0 Å². The van der Waals surface area contributed by atoms with Gasteiger partial charge in [0.15, 0.2) is 6.29 Å². The Balaban J connectivity index is 1.54. The molecule has 0 radical (unpaired) electrons. The van der Waals surface area contributed by atoms with Crippen molar-refractivity contribution in [2.45, 2.75) is 49.7 Å². The molecule has 2 saturated heterocycles. The molecule has 3 fully saturated rings. The first-order valence-electron chi connectivity index (χ1n) is 8.76. The van der Waals surface area contributed by atoms with Gasteiger partial charge in [-0.3, -0.25) is 0 Å². The molecule has 3 unspecified atom stereocenters. The van der Waals surface area contributed by atoms with Crippen LogP contribution in [0.3, 0.4) is 0 Å². The van der Waals surface area contributed by atoms with E-state index in [1.54, 1.807) is 12.1 Å². The monoisotopic (exact) mass is 337 g/mol. The third-order valence-electron chi connectivity index (χ3n) is 5.47. The molecule has 2 heterocycles. The van der Waals surface area contributed by atoms with Gasteiger partial charge in [0.1, 0.15) is 11.4 Å². The Hall–Kier alpha value is -1.21. The van der Waals surface area contributed by atoms with Crippen LogP contribution < -0.4 is 5.32 Å². The highest BCUT2D eigenvalue weighted by atomic mass is 19.1. The summed E-state index contributed by atoms with van der Waals surface area (Å²) in [6.45, 7) is 1.85. The summed E-state index contributed by atoms with van der Waals surface area (Å²) >= 11 is 0. The van der Waals surface area contributed by atoms with Gasteiger partial charge in [-0.25, -0.2) is 4.39 Å². The van der Waals surface area contributed by atoms with Crippen LogP contribution in [0, 0.1) is 11.7 Å². The lowest BCUT2D eigenvalue weighted by atomic mass is 9.68. The second kappa shape index (κ2) is 6.59. The molecule has 2 aliphatic heterocycles. The highest BCUT2D eigenvalue weighted by Gasteiger charge is 2.55. The normalized spacial score (nSPS) is 37.2. The number of benzene rings is 1. The molecule has 0 aromatic heterocycles. The summed E-state index contributed by atoms with van der Waals surface area (Å²) in [5, 5.41) is 14.8. The van der Waals surface area contributed by atoms with E-state index in [9.17, 15) is 9.50 Å². The SMILES string of the molecule is O[C@]12CCCOC1C(C1OCCO1)CCC2Nc1ccc(F)cc1. The standard InChI is InChI=1S/C18H24FNO4/c19-12-2-4-13(5-3-12)20-15-7-6-14(17-23-10-11-24-17)16-18(15,21)8-1-9-22-16/h2-5,14-17,20-21H,1,6-11H2/t14?,15?,16?,18-/m0/s1. The number of rotatable bonds is 3. The molecule has 0 amide bonds. The zero-order chi connectivity index (χ0) is 16.6. The molecular weight excluding hydrogens is 313 g/mol. The Kier molecular flexibility index (Phi) is 4.47. The van der Waals surface area contributed by atoms with E-state index in [0.29, 0.717) is 26.2 Å². The van der Waals surface area contributed by atoms with E-state index in [-0.39, 0.29) is 30.2 Å². The molecule has 1 saturated carbocycles. The van der Waals surface area contributed by atoms with E-state index in [4.69, 9.17) is 14.2 Å². The minimum absolute atomic E-state index is 0.0454. The van der Waals surface area contributed by atoms with Crippen LogP contribution in [0.25, 0.3) is 0 Å². The average molecular weight is 337 g/mol. The van der Waals surface area contributed by atoms with Gasteiger partial charge in [0.05, 0.1) is 25.4 Å². The minimum Gasteiger partial charge on any atom is -0.385 e. The Morgan fingerprint density at radius 2 is 1.79 bits per heavy atom. The molecule has 6 heteroatoms. The summed E-state index contributed by atoms with van der Waals surface area (Å²) in [6, 6.07) is 6.12. The van der Waals surface area contributed by atoms with Crippen molar-refractivity contribution in [3.05, 3.63) is 30.1 Å². The highest BCUT2D eigenvalue weighted by Crippen LogP contribution is 2.44. The van der Waals surface area contributed by atoms with Crippen molar-refractivity contribution < 1.29 is 23.7 Å². The Labute approximate surface area is 141 Å². The van der Waals surface area contributed by atoms with E-state index in [1.165, 1.54) is 12.1 Å². The van der Waals surface area contributed by atoms with Crippen LogP contribution in [0.4, 0.5) is 10.1 Å². The molecule has 4 atom stereocenters. The fourth-order valence-corrected chi connectivity index (χ4v) is 4.33. The second-order valence-electron chi connectivity index (χ2n) is 6.94. The van der Waals surface area contributed by atoms with E-state index in [0.717, 1.165) is 24.9 Å². The first kappa shape index (κ1) is 16.3. The van der Waals surface area contributed by atoms with Gasteiger partial charge >= 0.3 is 0 Å². The molecule has 1 aromatic carbocycles. The maximum Gasteiger partial charge on any atom is 0.163 e. The molecule has 24 heavy (non-hydrogen) atoms. The molecule has 0 spiro atoms. The van der Waals surface area contributed by atoms with Crippen LogP contribution in [0.5, 0.6) is 0 Å². The first-order chi connectivity index (χ1) is 11.7. The van der Waals surface area contributed by atoms with Crippen molar-refractivity contribution >= 4 is 5.69 Å². The summed E-state index contributed by atoms with van der Waals surface area (Å²) in [5.74, 6) is -0.221. The predicted molar refractivity (Wildman–Crippen MR) is 86.2 cm³/mol. The molecule has 2 N–H and O–H groups in total. The van der Waals surface area contributed by atoms with Gasteiger partial charge in [-0.2, -0.15) is 0 Å². The molecule has 0 bridgehead atoms. The van der Waals surface area contributed by atoms with E-state index >= 15 is 0 Å². The smallest absolute Gasteiger partial charge is 0.163 e. The topological polar surface area (TPSA) is 60.0 Å². The number of anilines is 1. The number of ether oxygens (including phenoxy) is 3. The number of fused-ring (bicyclic) bond motifs is 1. The van der Waals surface area contributed by atoms with Crippen LogP contribution in [0.15, 0.2) is 24.3 Å². The maximum absolute atomic E-state index is 13.1. The molecule has 5 nitrogen and oxygen atoms in total. The molecule has 1 aliphatic carbocycles.